The van der Waals surface area contributed by atoms with Crippen LogP contribution < -0.4 is 4.90 Å². The van der Waals surface area contributed by atoms with Gasteiger partial charge in [-0.1, -0.05) is 26.0 Å². The van der Waals surface area contributed by atoms with Crippen LogP contribution in [0, 0.1) is 6.92 Å². The number of likely N-dealkylation sites (N-methyl/N-ethyl adjacent to an activating group) is 1. The van der Waals surface area contributed by atoms with Gasteiger partial charge in [-0.15, -0.1) is 0 Å². The maximum atomic E-state index is 12.4. The van der Waals surface area contributed by atoms with Crippen molar-refractivity contribution in [3.05, 3.63) is 29.8 Å². The smallest absolute Gasteiger partial charge is 0.242 e. The molecule has 0 aromatic heterocycles. The molecule has 1 aromatic rings. The largest absolute Gasteiger partial charge is 0.362 e. The highest BCUT2D eigenvalue weighted by Crippen LogP contribution is 2.15. The van der Waals surface area contributed by atoms with Gasteiger partial charge in [0.1, 0.15) is 0 Å². The lowest BCUT2D eigenvalue weighted by Gasteiger charge is -2.28. The van der Waals surface area contributed by atoms with Gasteiger partial charge in [0.05, 0.1) is 6.54 Å². The zero-order valence-electron chi connectivity index (χ0n) is 13.4. The predicted octanol–water partition coefficient (Wildman–Crippen LogP) is 3.47. The molecule has 0 spiro atoms. The van der Waals surface area contributed by atoms with Crippen molar-refractivity contribution in [2.75, 3.05) is 31.1 Å². The summed E-state index contributed by atoms with van der Waals surface area (Å²) in [4.78, 5) is 16.6. The van der Waals surface area contributed by atoms with Crippen LogP contribution in [0.1, 0.15) is 39.2 Å². The van der Waals surface area contributed by atoms with Gasteiger partial charge in [0.15, 0.2) is 0 Å². The van der Waals surface area contributed by atoms with Crippen molar-refractivity contribution >= 4 is 11.6 Å². The van der Waals surface area contributed by atoms with E-state index in [0.717, 1.165) is 38.2 Å². The van der Waals surface area contributed by atoms with Crippen LogP contribution in [0.25, 0.3) is 0 Å². The number of aryl methyl sites for hydroxylation is 1. The molecular formula is C17H28N2O. The van der Waals surface area contributed by atoms with Crippen molar-refractivity contribution < 1.29 is 4.79 Å². The summed E-state index contributed by atoms with van der Waals surface area (Å²) in [6.45, 7) is 11.5. The molecule has 0 saturated heterocycles. The number of rotatable bonds is 8. The van der Waals surface area contributed by atoms with Gasteiger partial charge in [0.25, 0.3) is 0 Å². The molecule has 0 N–H and O–H groups in total. The first-order chi connectivity index (χ1) is 9.62. The Hall–Kier alpha value is -1.51. The molecule has 0 bridgehead atoms. The van der Waals surface area contributed by atoms with E-state index in [9.17, 15) is 4.79 Å². The maximum Gasteiger partial charge on any atom is 0.242 e. The van der Waals surface area contributed by atoms with Gasteiger partial charge >= 0.3 is 0 Å². The van der Waals surface area contributed by atoms with E-state index < -0.39 is 0 Å². The lowest BCUT2D eigenvalue weighted by molar-refractivity contribution is -0.129. The van der Waals surface area contributed by atoms with Gasteiger partial charge < -0.3 is 9.80 Å². The molecule has 0 radical (unpaired) electrons. The second-order valence-corrected chi connectivity index (χ2v) is 5.23. The number of nitrogens with zero attached hydrogens (tertiary/aromatic N) is 2. The fraction of sp³-hybridized carbons (Fsp3) is 0.588. The summed E-state index contributed by atoms with van der Waals surface area (Å²) < 4.78 is 0. The molecule has 0 aliphatic carbocycles. The molecule has 1 rings (SSSR count). The van der Waals surface area contributed by atoms with E-state index >= 15 is 0 Å². The monoisotopic (exact) mass is 276 g/mol. The molecule has 0 fully saturated rings. The highest BCUT2D eigenvalue weighted by Gasteiger charge is 2.15. The van der Waals surface area contributed by atoms with Crippen LogP contribution in [0.3, 0.4) is 0 Å². The summed E-state index contributed by atoms with van der Waals surface area (Å²) in [5.41, 5.74) is 2.36. The number of hydrogen-bond donors (Lipinski definition) is 0. The highest BCUT2D eigenvalue weighted by atomic mass is 16.2. The van der Waals surface area contributed by atoms with Gasteiger partial charge in [-0.25, -0.2) is 0 Å². The molecule has 1 amide bonds. The summed E-state index contributed by atoms with van der Waals surface area (Å²) in [5.74, 6) is 0.233. The van der Waals surface area contributed by atoms with Crippen LogP contribution in [0.15, 0.2) is 24.3 Å². The first kappa shape index (κ1) is 16.5. The number of carbonyl (C=O) groups excluding carboxylic acids is 1. The SMILES string of the molecule is CCCN(CCC)C(=O)CN(CC)c1cccc(C)c1. The molecule has 3 heteroatoms. The first-order valence-electron chi connectivity index (χ1n) is 7.71. The van der Waals surface area contributed by atoms with Crippen LogP contribution in [-0.2, 0) is 4.79 Å². The van der Waals surface area contributed by atoms with E-state index in [-0.39, 0.29) is 5.91 Å². The number of anilines is 1. The fourth-order valence-corrected chi connectivity index (χ4v) is 2.37. The van der Waals surface area contributed by atoms with Crippen molar-refractivity contribution in [1.82, 2.24) is 4.90 Å². The number of carbonyl (C=O) groups is 1. The van der Waals surface area contributed by atoms with Crippen LogP contribution in [-0.4, -0.2) is 37.0 Å². The van der Waals surface area contributed by atoms with Gasteiger partial charge in [-0.2, -0.15) is 0 Å². The predicted molar refractivity (Wildman–Crippen MR) is 86.2 cm³/mol. The molecule has 112 valence electrons. The van der Waals surface area contributed by atoms with Crippen molar-refractivity contribution in [3.63, 3.8) is 0 Å². The summed E-state index contributed by atoms with van der Waals surface area (Å²) in [5, 5.41) is 0. The number of hydrogen-bond acceptors (Lipinski definition) is 2. The molecular weight excluding hydrogens is 248 g/mol. The number of amides is 1. The van der Waals surface area contributed by atoms with E-state index in [2.05, 4.69) is 50.8 Å². The molecule has 0 heterocycles. The Morgan fingerprint density at radius 1 is 1.10 bits per heavy atom. The standard InChI is InChI=1S/C17H28N2O/c1-5-11-19(12-6-2)17(20)14-18(7-3)16-10-8-9-15(4)13-16/h8-10,13H,5-7,11-12,14H2,1-4H3. The fourth-order valence-electron chi connectivity index (χ4n) is 2.37. The Bertz CT molecular complexity index is 411. The summed E-state index contributed by atoms with van der Waals surface area (Å²) in [7, 11) is 0. The van der Waals surface area contributed by atoms with E-state index in [1.807, 2.05) is 11.0 Å². The van der Waals surface area contributed by atoms with E-state index in [1.54, 1.807) is 0 Å². The number of benzene rings is 1. The Morgan fingerprint density at radius 3 is 2.25 bits per heavy atom. The molecule has 0 unspecified atom stereocenters. The van der Waals surface area contributed by atoms with Crippen molar-refractivity contribution in [1.29, 1.82) is 0 Å². The second-order valence-electron chi connectivity index (χ2n) is 5.23. The zero-order chi connectivity index (χ0) is 15.0. The third-order valence-corrected chi connectivity index (χ3v) is 3.41. The Balaban J connectivity index is 2.74. The van der Waals surface area contributed by atoms with Gasteiger partial charge in [-0.3, -0.25) is 4.79 Å². The van der Waals surface area contributed by atoms with E-state index in [1.165, 1.54) is 5.56 Å². The lowest BCUT2D eigenvalue weighted by Crippen LogP contribution is -2.41. The first-order valence-corrected chi connectivity index (χ1v) is 7.71. The molecule has 0 aliphatic rings. The minimum absolute atomic E-state index is 0.233. The molecule has 3 nitrogen and oxygen atoms in total. The van der Waals surface area contributed by atoms with Gasteiger partial charge in [0.2, 0.25) is 5.91 Å². The Morgan fingerprint density at radius 2 is 1.75 bits per heavy atom. The van der Waals surface area contributed by atoms with Crippen molar-refractivity contribution in [2.24, 2.45) is 0 Å². The lowest BCUT2D eigenvalue weighted by atomic mass is 10.2. The second kappa shape index (κ2) is 8.62. The Labute approximate surface area is 123 Å². The van der Waals surface area contributed by atoms with E-state index in [4.69, 9.17) is 0 Å². The normalized spacial score (nSPS) is 10.4. The van der Waals surface area contributed by atoms with Crippen molar-refractivity contribution in [3.8, 4) is 0 Å². The van der Waals surface area contributed by atoms with E-state index in [0.29, 0.717) is 6.54 Å². The van der Waals surface area contributed by atoms with Crippen LogP contribution in [0.5, 0.6) is 0 Å². The third-order valence-electron chi connectivity index (χ3n) is 3.41. The highest BCUT2D eigenvalue weighted by molar-refractivity contribution is 5.81. The quantitative estimate of drug-likeness (QED) is 0.726. The molecule has 0 atom stereocenters. The third kappa shape index (κ3) is 4.87. The minimum Gasteiger partial charge on any atom is -0.362 e. The average molecular weight is 276 g/mol. The molecule has 0 saturated carbocycles. The van der Waals surface area contributed by atoms with Gasteiger partial charge in [-0.05, 0) is 44.4 Å². The molecule has 1 aromatic carbocycles. The average Bonchev–Trinajstić information content (AvgIpc) is 2.44. The molecule has 20 heavy (non-hydrogen) atoms. The van der Waals surface area contributed by atoms with Crippen LogP contribution in [0.4, 0.5) is 5.69 Å². The molecule has 0 aliphatic heterocycles. The zero-order valence-corrected chi connectivity index (χ0v) is 13.4. The van der Waals surface area contributed by atoms with Crippen LogP contribution >= 0.6 is 0 Å². The minimum atomic E-state index is 0.233. The van der Waals surface area contributed by atoms with Crippen LogP contribution in [0.2, 0.25) is 0 Å². The summed E-state index contributed by atoms with van der Waals surface area (Å²) >= 11 is 0. The topological polar surface area (TPSA) is 23.6 Å². The Kier molecular flexibility index (Phi) is 7.13. The summed E-state index contributed by atoms with van der Waals surface area (Å²) in [6, 6.07) is 8.35. The van der Waals surface area contributed by atoms with Gasteiger partial charge in [0, 0.05) is 25.3 Å². The maximum absolute atomic E-state index is 12.4. The van der Waals surface area contributed by atoms with Crippen molar-refractivity contribution in [2.45, 2.75) is 40.5 Å². The summed E-state index contributed by atoms with van der Waals surface area (Å²) in [6.07, 6.45) is 2.03.